The Morgan fingerprint density at radius 1 is 1.06 bits per heavy atom. The number of alkyl halides is 1. The Labute approximate surface area is 108 Å². The van der Waals surface area contributed by atoms with Crippen molar-refractivity contribution in [2.45, 2.75) is 26.4 Å². The second-order valence-electron chi connectivity index (χ2n) is 2.87. The van der Waals surface area contributed by atoms with Crippen molar-refractivity contribution in [2.24, 2.45) is 0 Å². The van der Waals surface area contributed by atoms with Gasteiger partial charge in [-0.1, -0.05) is 15.9 Å². The number of ether oxygens (including phenoxy) is 3. The summed E-state index contributed by atoms with van der Waals surface area (Å²) in [5.74, 6) is -2.02. The van der Waals surface area contributed by atoms with Crippen molar-refractivity contribution in [2.75, 3.05) is 18.5 Å². The van der Waals surface area contributed by atoms with Crippen molar-refractivity contribution < 1.29 is 28.6 Å². The minimum absolute atomic E-state index is 0.0638. The molecule has 0 bridgehead atoms. The van der Waals surface area contributed by atoms with Crippen LogP contribution in [0.5, 0.6) is 0 Å². The topological polar surface area (TPSA) is 78.9 Å². The van der Waals surface area contributed by atoms with E-state index in [-0.39, 0.29) is 25.0 Å². The first-order chi connectivity index (χ1) is 8.04. The molecule has 0 aliphatic heterocycles. The van der Waals surface area contributed by atoms with Crippen LogP contribution < -0.4 is 0 Å². The van der Waals surface area contributed by atoms with Crippen LogP contribution in [0.2, 0.25) is 0 Å². The lowest BCUT2D eigenvalue weighted by molar-refractivity contribution is -0.170. The maximum atomic E-state index is 11.4. The molecule has 0 N–H and O–H groups in total. The molecule has 0 rings (SSSR count). The van der Waals surface area contributed by atoms with Gasteiger partial charge in [-0.2, -0.15) is 0 Å². The Morgan fingerprint density at radius 3 is 2.12 bits per heavy atom. The molecule has 0 aliphatic rings. The average molecular weight is 311 g/mol. The molecule has 0 unspecified atom stereocenters. The van der Waals surface area contributed by atoms with Crippen molar-refractivity contribution in [1.29, 1.82) is 0 Å². The van der Waals surface area contributed by atoms with Gasteiger partial charge in [0.15, 0.2) is 0 Å². The summed E-state index contributed by atoms with van der Waals surface area (Å²) in [5.41, 5.74) is 0. The van der Waals surface area contributed by atoms with Crippen molar-refractivity contribution in [3.63, 3.8) is 0 Å². The lowest BCUT2D eigenvalue weighted by atomic mass is 10.2. The van der Waals surface area contributed by atoms with E-state index in [0.717, 1.165) is 0 Å². The van der Waals surface area contributed by atoms with Crippen LogP contribution in [0.15, 0.2) is 0 Å². The van der Waals surface area contributed by atoms with Crippen LogP contribution in [0, 0.1) is 0 Å². The van der Waals surface area contributed by atoms with Gasteiger partial charge in [0, 0.05) is 0 Å². The summed E-state index contributed by atoms with van der Waals surface area (Å²) in [6, 6.07) is 0. The first kappa shape index (κ1) is 15.9. The summed E-state index contributed by atoms with van der Waals surface area (Å²) in [4.78, 5) is 33.7. The molecule has 0 aliphatic carbocycles. The van der Waals surface area contributed by atoms with E-state index in [2.05, 4.69) is 25.4 Å². The first-order valence-electron chi connectivity index (χ1n) is 5.12. The fourth-order valence-corrected chi connectivity index (χ4v) is 1.10. The monoisotopic (exact) mass is 310 g/mol. The lowest BCUT2D eigenvalue weighted by Crippen LogP contribution is -2.32. The van der Waals surface area contributed by atoms with E-state index in [0.29, 0.717) is 0 Å². The zero-order valence-corrected chi connectivity index (χ0v) is 11.3. The third-order valence-corrected chi connectivity index (χ3v) is 2.05. The molecule has 1 atom stereocenters. The maximum Gasteiger partial charge on any atom is 0.348 e. The zero-order chi connectivity index (χ0) is 13.3. The van der Waals surface area contributed by atoms with Gasteiger partial charge in [0.2, 0.25) is 6.10 Å². The smallest absolute Gasteiger partial charge is 0.348 e. The number of rotatable bonds is 7. The molecule has 7 heteroatoms. The number of esters is 3. The molecule has 98 valence electrons. The van der Waals surface area contributed by atoms with Gasteiger partial charge in [-0.25, -0.2) is 4.79 Å². The van der Waals surface area contributed by atoms with Gasteiger partial charge >= 0.3 is 17.9 Å². The summed E-state index contributed by atoms with van der Waals surface area (Å²) in [6.45, 7) is 3.60. The Morgan fingerprint density at radius 2 is 1.65 bits per heavy atom. The molecule has 6 nitrogen and oxygen atoms in total. The highest BCUT2D eigenvalue weighted by atomic mass is 79.9. The van der Waals surface area contributed by atoms with Crippen LogP contribution >= 0.6 is 15.9 Å². The van der Waals surface area contributed by atoms with Crippen LogP contribution in [0.1, 0.15) is 20.3 Å². The van der Waals surface area contributed by atoms with Crippen LogP contribution in [0.25, 0.3) is 0 Å². The molecule has 0 aromatic heterocycles. The predicted molar refractivity (Wildman–Crippen MR) is 61.6 cm³/mol. The highest BCUT2D eigenvalue weighted by Crippen LogP contribution is 2.05. The zero-order valence-electron chi connectivity index (χ0n) is 9.73. The van der Waals surface area contributed by atoms with Gasteiger partial charge in [0.05, 0.1) is 19.6 Å². The summed E-state index contributed by atoms with van der Waals surface area (Å²) in [6.07, 6.45) is -1.59. The van der Waals surface area contributed by atoms with E-state index in [4.69, 9.17) is 4.74 Å². The second kappa shape index (κ2) is 8.98. The van der Waals surface area contributed by atoms with Gasteiger partial charge < -0.3 is 14.2 Å². The largest absolute Gasteiger partial charge is 0.466 e. The van der Waals surface area contributed by atoms with Crippen molar-refractivity contribution in [3.05, 3.63) is 0 Å². The van der Waals surface area contributed by atoms with E-state index >= 15 is 0 Å². The van der Waals surface area contributed by atoms with Crippen LogP contribution in [0.4, 0.5) is 0 Å². The predicted octanol–water partition coefficient (Wildman–Crippen LogP) is 0.809. The summed E-state index contributed by atoms with van der Waals surface area (Å²) in [5, 5.41) is -0.0638. The number of hydrogen-bond donors (Lipinski definition) is 0. The Balaban J connectivity index is 4.44. The molecule has 0 saturated carbocycles. The van der Waals surface area contributed by atoms with Crippen molar-refractivity contribution in [3.8, 4) is 0 Å². The molecular formula is C10H15BrO6. The number of halogens is 1. The molecule has 0 aromatic rings. The Bertz CT molecular complexity index is 278. The average Bonchev–Trinajstić information content (AvgIpc) is 2.28. The molecule has 0 heterocycles. The third kappa shape index (κ3) is 6.93. The van der Waals surface area contributed by atoms with E-state index in [1.807, 2.05) is 0 Å². The number of carbonyl (C=O) groups is 3. The number of hydrogen-bond acceptors (Lipinski definition) is 6. The quantitative estimate of drug-likeness (QED) is 0.393. The Kier molecular flexibility index (Phi) is 8.39. The molecule has 17 heavy (non-hydrogen) atoms. The molecule has 0 amide bonds. The standard InChI is InChI=1S/C10H15BrO6/c1-3-15-8(12)5-7(10(14)16-4-2)17-9(13)6-11/h7H,3-6H2,1-2H3/t7-/m0/s1. The van der Waals surface area contributed by atoms with Crippen LogP contribution in [-0.4, -0.2) is 42.6 Å². The van der Waals surface area contributed by atoms with Crippen LogP contribution in [-0.2, 0) is 28.6 Å². The summed E-state index contributed by atoms with van der Waals surface area (Å²) >= 11 is 2.89. The van der Waals surface area contributed by atoms with E-state index < -0.39 is 24.0 Å². The molecule has 0 radical (unpaired) electrons. The van der Waals surface area contributed by atoms with Crippen molar-refractivity contribution in [1.82, 2.24) is 0 Å². The highest BCUT2D eigenvalue weighted by Gasteiger charge is 2.27. The summed E-state index contributed by atoms with van der Waals surface area (Å²) in [7, 11) is 0. The molecule has 0 fully saturated rings. The minimum Gasteiger partial charge on any atom is -0.466 e. The maximum absolute atomic E-state index is 11.4. The molecular weight excluding hydrogens is 296 g/mol. The van der Waals surface area contributed by atoms with Gasteiger partial charge in [-0.15, -0.1) is 0 Å². The SMILES string of the molecule is CCOC(=O)C[C@H](OC(=O)CBr)C(=O)OCC. The fourth-order valence-electron chi connectivity index (χ4n) is 0.970. The summed E-state index contributed by atoms with van der Waals surface area (Å²) < 4.78 is 14.1. The van der Waals surface area contributed by atoms with Crippen molar-refractivity contribution >= 4 is 33.8 Å². The third-order valence-electron chi connectivity index (χ3n) is 1.59. The second-order valence-corrected chi connectivity index (χ2v) is 3.43. The molecule has 0 saturated heterocycles. The van der Waals surface area contributed by atoms with E-state index in [1.165, 1.54) is 0 Å². The molecule has 0 aromatic carbocycles. The molecule has 0 spiro atoms. The first-order valence-corrected chi connectivity index (χ1v) is 6.24. The van der Waals surface area contributed by atoms with E-state index in [9.17, 15) is 14.4 Å². The number of carbonyl (C=O) groups excluding carboxylic acids is 3. The van der Waals surface area contributed by atoms with Gasteiger partial charge in [-0.3, -0.25) is 9.59 Å². The van der Waals surface area contributed by atoms with E-state index in [1.54, 1.807) is 13.8 Å². The van der Waals surface area contributed by atoms with Gasteiger partial charge in [0.25, 0.3) is 0 Å². The highest BCUT2D eigenvalue weighted by molar-refractivity contribution is 9.09. The van der Waals surface area contributed by atoms with Gasteiger partial charge in [0.1, 0.15) is 5.33 Å². The Hall–Kier alpha value is -1.11. The minimum atomic E-state index is -1.25. The van der Waals surface area contributed by atoms with Crippen LogP contribution in [0.3, 0.4) is 0 Å². The van der Waals surface area contributed by atoms with Gasteiger partial charge in [-0.05, 0) is 13.8 Å². The fraction of sp³-hybridized carbons (Fsp3) is 0.700. The normalized spacial score (nSPS) is 11.5. The lowest BCUT2D eigenvalue weighted by Gasteiger charge is -2.14.